The van der Waals surface area contributed by atoms with Crippen LogP contribution in [0.4, 0.5) is 11.5 Å². The molecule has 0 aliphatic carbocycles. The molecular formula is C10H17N3O. The van der Waals surface area contributed by atoms with Crippen molar-refractivity contribution in [3.8, 4) is 0 Å². The molecule has 1 aromatic heterocycles. The van der Waals surface area contributed by atoms with E-state index in [-0.39, 0.29) is 6.10 Å². The van der Waals surface area contributed by atoms with Crippen LogP contribution in [0.25, 0.3) is 0 Å². The van der Waals surface area contributed by atoms with E-state index in [1.165, 1.54) is 0 Å². The van der Waals surface area contributed by atoms with Crippen LogP contribution in [0, 0.1) is 0 Å². The first-order chi connectivity index (χ1) is 6.61. The van der Waals surface area contributed by atoms with Crippen molar-refractivity contribution in [1.82, 2.24) is 4.98 Å². The Kier molecular flexibility index (Phi) is 3.71. The maximum atomic E-state index is 9.15. The quantitative estimate of drug-likeness (QED) is 0.750. The summed E-state index contributed by atoms with van der Waals surface area (Å²) in [5, 5.41) is 12.3. The van der Waals surface area contributed by atoms with Gasteiger partial charge in [0.05, 0.1) is 11.8 Å². The number of aliphatic hydroxyl groups excluding tert-OH is 1. The molecule has 78 valence electrons. The van der Waals surface area contributed by atoms with Gasteiger partial charge in [-0.25, -0.2) is 4.98 Å². The Balaban J connectivity index is 2.74. The molecule has 1 heterocycles. The molecule has 1 atom stereocenters. The van der Waals surface area contributed by atoms with Crippen molar-refractivity contribution < 1.29 is 5.11 Å². The van der Waals surface area contributed by atoms with Crippen LogP contribution in [-0.2, 0) is 0 Å². The Labute approximate surface area is 84.6 Å². The summed E-state index contributed by atoms with van der Waals surface area (Å²) in [5.41, 5.74) is 0.943. The summed E-state index contributed by atoms with van der Waals surface area (Å²) in [6.07, 6.45) is 1.40. The molecule has 1 aromatic rings. The molecule has 4 nitrogen and oxygen atoms in total. The molecule has 0 saturated heterocycles. The molecule has 0 unspecified atom stereocenters. The number of anilines is 2. The summed E-state index contributed by atoms with van der Waals surface area (Å²) in [5.74, 6) is 0.883. The van der Waals surface area contributed by atoms with Crippen molar-refractivity contribution in [3.63, 3.8) is 0 Å². The average Bonchev–Trinajstić information content (AvgIpc) is 2.15. The summed E-state index contributed by atoms with van der Waals surface area (Å²) in [6, 6.07) is 3.82. The molecule has 0 spiro atoms. The van der Waals surface area contributed by atoms with Gasteiger partial charge < -0.3 is 15.3 Å². The van der Waals surface area contributed by atoms with E-state index >= 15 is 0 Å². The Hall–Kier alpha value is -1.29. The molecular weight excluding hydrogens is 178 g/mol. The fraction of sp³-hybridized carbons (Fsp3) is 0.500. The van der Waals surface area contributed by atoms with Gasteiger partial charge in [0, 0.05) is 26.8 Å². The van der Waals surface area contributed by atoms with Crippen molar-refractivity contribution in [2.45, 2.75) is 13.0 Å². The van der Waals surface area contributed by atoms with Gasteiger partial charge in [-0.15, -0.1) is 0 Å². The van der Waals surface area contributed by atoms with Crippen molar-refractivity contribution >= 4 is 11.5 Å². The van der Waals surface area contributed by atoms with Crippen LogP contribution in [0.15, 0.2) is 18.3 Å². The summed E-state index contributed by atoms with van der Waals surface area (Å²) < 4.78 is 0. The van der Waals surface area contributed by atoms with Crippen LogP contribution in [0.2, 0.25) is 0 Å². The molecule has 0 radical (unpaired) electrons. The first-order valence-corrected chi connectivity index (χ1v) is 4.65. The van der Waals surface area contributed by atoms with Gasteiger partial charge in [-0.05, 0) is 19.1 Å². The average molecular weight is 195 g/mol. The monoisotopic (exact) mass is 195 g/mol. The lowest BCUT2D eigenvalue weighted by atomic mass is 10.3. The first kappa shape index (κ1) is 10.8. The molecule has 2 N–H and O–H groups in total. The van der Waals surface area contributed by atoms with Gasteiger partial charge in [-0.3, -0.25) is 0 Å². The molecule has 0 fully saturated rings. The zero-order valence-electron chi connectivity index (χ0n) is 8.86. The van der Waals surface area contributed by atoms with Crippen molar-refractivity contribution in [3.05, 3.63) is 18.3 Å². The maximum Gasteiger partial charge on any atom is 0.151 e. The van der Waals surface area contributed by atoms with Crippen LogP contribution in [0.3, 0.4) is 0 Å². The van der Waals surface area contributed by atoms with E-state index in [0.29, 0.717) is 6.54 Å². The number of rotatable bonds is 4. The van der Waals surface area contributed by atoms with Gasteiger partial charge in [-0.1, -0.05) is 0 Å². The Bertz CT molecular complexity index is 286. The number of nitrogens with zero attached hydrogens (tertiary/aromatic N) is 2. The molecule has 0 amide bonds. The molecule has 0 aliphatic rings. The van der Waals surface area contributed by atoms with E-state index in [4.69, 9.17) is 5.11 Å². The minimum absolute atomic E-state index is 0.356. The standard InChI is InChI=1S/C10H17N3O/c1-8(14)7-12-9-5-4-6-11-10(9)13(2)3/h4-6,8,12,14H,7H2,1-3H3/t8-/m0/s1. The van der Waals surface area contributed by atoms with E-state index in [1.807, 2.05) is 31.1 Å². The highest BCUT2D eigenvalue weighted by molar-refractivity contribution is 5.64. The Morgan fingerprint density at radius 3 is 2.86 bits per heavy atom. The second-order valence-corrected chi connectivity index (χ2v) is 3.50. The lowest BCUT2D eigenvalue weighted by molar-refractivity contribution is 0.208. The maximum absolute atomic E-state index is 9.15. The largest absolute Gasteiger partial charge is 0.392 e. The van der Waals surface area contributed by atoms with Gasteiger partial charge in [0.1, 0.15) is 0 Å². The number of pyridine rings is 1. The topological polar surface area (TPSA) is 48.4 Å². The third-order valence-corrected chi connectivity index (χ3v) is 1.80. The normalized spacial score (nSPS) is 12.3. The zero-order chi connectivity index (χ0) is 10.6. The highest BCUT2D eigenvalue weighted by atomic mass is 16.3. The van der Waals surface area contributed by atoms with Crippen molar-refractivity contribution in [1.29, 1.82) is 0 Å². The van der Waals surface area contributed by atoms with Crippen molar-refractivity contribution in [2.75, 3.05) is 30.9 Å². The first-order valence-electron chi connectivity index (χ1n) is 4.65. The highest BCUT2D eigenvalue weighted by Crippen LogP contribution is 2.19. The van der Waals surface area contributed by atoms with Crippen LogP contribution in [0.5, 0.6) is 0 Å². The smallest absolute Gasteiger partial charge is 0.151 e. The Morgan fingerprint density at radius 2 is 2.29 bits per heavy atom. The summed E-state index contributed by atoms with van der Waals surface area (Å²) in [6.45, 7) is 2.28. The molecule has 0 bridgehead atoms. The molecule has 1 rings (SSSR count). The lowest BCUT2D eigenvalue weighted by Crippen LogP contribution is -2.19. The third kappa shape index (κ3) is 2.88. The van der Waals surface area contributed by atoms with Crippen LogP contribution in [0.1, 0.15) is 6.92 Å². The van der Waals surface area contributed by atoms with E-state index in [0.717, 1.165) is 11.5 Å². The summed E-state index contributed by atoms with van der Waals surface area (Å²) in [4.78, 5) is 6.17. The van der Waals surface area contributed by atoms with Gasteiger partial charge in [0.15, 0.2) is 5.82 Å². The minimum Gasteiger partial charge on any atom is -0.392 e. The fourth-order valence-corrected chi connectivity index (χ4v) is 1.15. The van der Waals surface area contributed by atoms with Crippen LogP contribution < -0.4 is 10.2 Å². The number of aromatic nitrogens is 1. The Morgan fingerprint density at radius 1 is 1.57 bits per heavy atom. The van der Waals surface area contributed by atoms with Gasteiger partial charge in [0.2, 0.25) is 0 Å². The summed E-state index contributed by atoms with van der Waals surface area (Å²) >= 11 is 0. The highest BCUT2D eigenvalue weighted by Gasteiger charge is 2.04. The number of hydrogen-bond acceptors (Lipinski definition) is 4. The molecule has 4 heteroatoms. The second-order valence-electron chi connectivity index (χ2n) is 3.50. The predicted octanol–water partition coefficient (Wildman–Crippen LogP) is 0.940. The predicted molar refractivity (Wildman–Crippen MR) is 58.7 cm³/mol. The van der Waals surface area contributed by atoms with Gasteiger partial charge >= 0.3 is 0 Å². The van der Waals surface area contributed by atoms with Crippen LogP contribution >= 0.6 is 0 Å². The van der Waals surface area contributed by atoms with E-state index in [2.05, 4.69) is 10.3 Å². The SMILES string of the molecule is C[C@H](O)CNc1cccnc1N(C)C. The molecule has 0 aromatic carbocycles. The number of nitrogens with one attached hydrogen (secondary N) is 1. The van der Waals surface area contributed by atoms with Gasteiger partial charge in [0.25, 0.3) is 0 Å². The van der Waals surface area contributed by atoms with Crippen LogP contribution in [-0.4, -0.2) is 36.8 Å². The second kappa shape index (κ2) is 4.81. The molecule has 14 heavy (non-hydrogen) atoms. The zero-order valence-corrected chi connectivity index (χ0v) is 8.86. The fourth-order valence-electron chi connectivity index (χ4n) is 1.15. The van der Waals surface area contributed by atoms with Crippen molar-refractivity contribution in [2.24, 2.45) is 0 Å². The van der Waals surface area contributed by atoms with Gasteiger partial charge in [-0.2, -0.15) is 0 Å². The minimum atomic E-state index is -0.356. The van der Waals surface area contributed by atoms with E-state index in [1.54, 1.807) is 13.1 Å². The number of hydrogen-bond donors (Lipinski definition) is 2. The number of aliphatic hydroxyl groups is 1. The lowest BCUT2D eigenvalue weighted by Gasteiger charge is -2.17. The third-order valence-electron chi connectivity index (χ3n) is 1.80. The van der Waals surface area contributed by atoms with E-state index in [9.17, 15) is 0 Å². The summed E-state index contributed by atoms with van der Waals surface area (Å²) in [7, 11) is 3.88. The van der Waals surface area contributed by atoms with E-state index < -0.39 is 0 Å². The molecule has 0 saturated carbocycles. The molecule has 0 aliphatic heterocycles.